The quantitative estimate of drug-likeness (QED) is 0.775. The third-order valence-electron chi connectivity index (χ3n) is 3.15. The number of amides is 2. The Balaban J connectivity index is 2.29. The van der Waals surface area contributed by atoms with Crippen molar-refractivity contribution >= 4 is 17.5 Å². The number of nitrogens with zero attached hydrogens (tertiary/aromatic N) is 1. The number of piperazine rings is 1. The van der Waals surface area contributed by atoms with Crippen LogP contribution < -0.4 is 11.1 Å². The summed E-state index contributed by atoms with van der Waals surface area (Å²) in [6.45, 7) is 2.65. The number of benzene rings is 1. The van der Waals surface area contributed by atoms with Crippen LogP contribution in [0.4, 0.5) is 10.1 Å². The van der Waals surface area contributed by atoms with Crippen LogP contribution in [0.25, 0.3) is 0 Å². The van der Waals surface area contributed by atoms with Gasteiger partial charge in [-0.25, -0.2) is 4.39 Å². The van der Waals surface area contributed by atoms with E-state index in [0.717, 1.165) is 12.1 Å². The normalized spacial score (nSPS) is 19.2. The first-order chi connectivity index (χ1) is 9.02. The predicted octanol–water partition coefficient (Wildman–Crippen LogP) is 0.758. The van der Waals surface area contributed by atoms with Gasteiger partial charge in [0.15, 0.2) is 0 Å². The van der Waals surface area contributed by atoms with Crippen LogP contribution in [0, 0.1) is 5.82 Å². The lowest BCUT2D eigenvalue weighted by Gasteiger charge is -2.34. The van der Waals surface area contributed by atoms with Crippen LogP contribution in [-0.4, -0.2) is 35.8 Å². The Morgan fingerprint density at radius 1 is 1.53 bits per heavy atom. The zero-order valence-corrected chi connectivity index (χ0v) is 10.6. The van der Waals surface area contributed by atoms with Gasteiger partial charge in [-0.05, 0) is 24.6 Å². The molecule has 0 spiro atoms. The van der Waals surface area contributed by atoms with E-state index in [-0.39, 0.29) is 23.1 Å². The average Bonchev–Trinajstić information content (AvgIpc) is 2.36. The number of hydrogen-bond acceptors (Lipinski definition) is 3. The molecular formula is C13H16FN3O2. The number of nitrogens with two attached hydrogens (primary N) is 1. The van der Waals surface area contributed by atoms with Gasteiger partial charge < -0.3 is 16.0 Å². The maximum absolute atomic E-state index is 13.3. The van der Waals surface area contributed by atoms with Gasteiger partial charge in [0.25, 0.3) is 5.91 Å². The topological polar surface area (TPSA) is 75.4 Å². The minimum Gasteiger partial charge on any atom is -0.399 e. The fourth-order valence-electron chi connectivity index (χ4n) is 2.27. The molecule has 1 saturated heterocycles. The van der Waals surface area contributed by atoms with Crippen molar-refractivity contribution in [3.05, 3.63) is 29.6 Å². The lowest BCUT2D eigenvalue weighted by Crippen LogP contribution is -2.56. The summed E-state index contributed by atoms with van der Waals surface area (Å²) in [7, 11) is 0. The first-order valence-electron chi connectivity index (χ1n) is 6.17. The highest BCUT2D eigenvalue weighted by Gasteiger charge is 2.32. The lowest BCUT2D eigenvalue weighted by molar-refractivity contribution is -0.127. The molecule has 1 heterocycles. The van der Waals surface area contributed by atoms with Crippen LogP contribution in [0.15, 0.2) is 18.2 Å². The van der Waals surface area contributed by atoms with Crippen molar-refractivity contribution in [1.29, 1.82) is 0 Å². The van der Waals surface area contributed by atoms with E-state index in [2.05, 4.69) is 5.32 Å². The van der Waals surface area contributed by atoms with Crippen molar-refractivity contribution in [2.75, 3.05) is 18.8 Å². The molecule has 2 amide bonds. The molecule has 1 fully saturated rings. The largest absolute Gasteiger partial charge is 0.399 e. The molecule has 19 heavy (non-hydrogen) atoms. The van der Waals surface area contributed by atoms with E-state index in [1.165, 1.54) is 11.0 Å². The number of carbonyl (C=O) groups excluding carboxylic acids is 2. The Morgan fingerprint density at radius 2 is 2.26 bits per heavy atom. The summed E-state index contributed by atoms with van der Waals surface area (Å²) >= 11 is 0. The molecule has 1 aliphatic rings. The molecule has 6 heteroatoms. The molecule has 0 aromatic heterocycles. The summed E-state index contributed by atoms with van der Waals surface area (Å²) in [5, 5.41) is 2.71. The second-order valence-electron chi connectivity index (χ2n) is 4.49. The summed E-state index contributed by atoms with van der Waals surface area (Å²) in [5.74, 6) is -1.10. The summed E-state index contributed by atoms with van der Waals surface area (Å²) in [6, 6.07) is 3.20. The van der Waals surface area contributed by atoms with E-state index in [0.29, 0.717) is 19.5 Å². The molecule has 1 atom stereocenters. The van der Waals surface area contributed by atoms with Crippen molar-refractivity contribution in [2.45, 2.75) is 19.4 Å². The van der Waals surface area contributed by atoms with E-state index in [1.807, 2.05) is 6.92 Å². The highest BCUT2D eigenvalue weighted by atomic mass is 19.1. The van der Waals surface area contributed by atoms with Crippen LogP contribution >= 0.6 is 0 Å². The third kappa shape index (κ3) is 2.67. The molecule has 102 valence electrons. The minimum atomic E-state index is -0.558. The second-order valence-corrected chi connectivity index (χ2v) is 4.49. The maximum Gasteiger partial charge on any atom is 0.254 e. The Labute approximate surface area is 110 Å². The van der Waals surface area contributed by atoms with Gasteiger partial charge in [0.2, 0.25) is 5.91 Å². The molecule has 1 aromatic rings. The van der Waals surface area contributed by atoms with Crippen LogP contribution in [0.5, 0.6) is 0 Å². The number of anilines is 1. The molecule has 2 rings (SSSR count). The number of nitrogens with one attached hydrogen (secondary N) is 1. The highest BCUT2D eigenvalue weighted by Crippen LogP contribution is 2.17. The number of rotatable bonds is 2. The SMILES string of the molecule is CCC1C(=O)NCCN1C(=O)c1cc(N)cc(F)c1. The summed E-state index contributed by atoms with van der Waals surface area (Å²) in [5.41, 5.74) is 5.90. The van der Waals surface area contributed by atoms with Gasteiger partial charge in [0.05, 0.1) is 0 Å². The molecule has 0 saturated carbocycles. The fourth-order valence-corrected chi connectivity index (χ4v) is 2.27. The van der Waals surface area contributed by atoms with E-state index in [4.69, 9.17) is 5.73 Å². The van der Waals surface area contributed by atoms with Gasteiger partial charge in [0.1, 0.15) is 11.9 Å². The number of nitrogen functional groups attached to an aromatic ring is 1. The van der Waals surface area contributed by atoms with Crippen LogP contribution in [-0.2, 0) is 4.79 Å². The van der Waals surface area contributed by atoms with Crippen LogP contribution in [0.2, 0.25) is 0 Å². The van der Waals surface area contributed by atoms with Crippen molar-refractivity contribution in [3.8, 4) is 0 Å². The number of carbonyl (C=O) groups is 2. The Hall–Kier alpha value is -2.11. The van der Waals surface area contributed by atoms with Gasteiger partial charge in [-0.2, -0.15) is 0 Å². The number of hydrogen-bond donors (Lipinski definition) is 2. The molecule has 0 aliphatic carbocycles. The van der Waals surface area contributed by atoms with Crippen LogP contribution in [0.3, 0.4) is 0 Å². The van der Waals surface area contributed by atoms with Gasteiger partial charge in [-0.1, -0.05) is 6.92 Å². The van der Waals surface area contributed by atoms with Gasteiger partial charge >= 0.3 is 0 Å². The highest BCUT2D eigenvalue weighted by molar-refractivity contribution is 5.98. The third-order valence-corrected chi connectivity index (χ3v) is 3.15. The summed E-state index contributed by atoms with van der Waals surface area (Å²) < 4.78 is 13.3. The molecular weight excluding hydrogens is 249 g/mol. The predicted molar refractivity (Wildman–Crippen MR) is 68.9 cm³/mol. The Kier molecular flexibility index (Phi) is 3.69. The van der Waals surface area contributed by atoms with Gasteiger partial charge in [-0.15, -0.1) is 0 Å². The van der Waals surface area contributed by atoms with Crippen LogP contribution in [0.1, 0.15) is 23.7 Å². The number of halogens is 1. The maximum atomic E-state index is 13.3. The summed E-state index contributed by atoms with van der Waals surface area (Å²) in [6.07, 6.45) is 0.516. The monoisotopic (exact) mass is 265 g/mol. The fraction of sp³-hybridized carbons (Fsp3) is 0.385. The van der Waals surface area contributed by atoms with E-state index in [9.17, 15) is 14.0 Å². The second kappa shape index (κ2) is 5.26. The molecule has 1 aliphatic heterocycles. The van der Waals surface area contributed by atoms with Crippen molar-refractivity contribution in [3.63, 3.8) is 0 Å². The minimum absolute atomic E-state index is 0.172. The lowest BCUT2D eigenvalue weighted by atomic mass is 10.1. The van der Waals surface area contributed by atoms with Crippen molar-refractivity contribution in [2.24, 2.45) is 0 Å². The first kappa shape index (κ1) is 13.3. The van der Waals surface area contributed by atoms with Gasteiger partial charge in [-0.3, -0.25) is 9.59 Å². The summed E-state index contributed by atoms with van der Waals surface area (Å²) in [4.78, 5) is 25.5. The first-order valence-corrected chi connectivity index (χ1v) is 6.17. The molecule has 0 bridgehead atoms. The molecule has 3 N–H and O–H groups in total. The zero-order chi connectivity index (χ0) is 14.0. The van der Waals surface area contributed by atoms with Crippen molar-refractivity contribution < 1.29 is 14.0 Å². The van der Waals surface area contributed by atoms with E-state index in [1.54, 1.807) is 0 Å². The van der Waals surface area contributed by atoms with Gasteiger partial charge in [0, 0.05) is 24.3 Å². The Morgan fingerprint density at radius 3 is 2.89 bits per heavy atom. The average molecular weight is 265 g/mol. The molecule has 1 unspecified atom stereocenters. The van der Waals surface area contributed by atoms with E-state index < -0.39 is 11.9 Å². The smallest absolute Gasteiger partial charge is 0.254 e. The molecule has 5 nitrogen and oxygen atoms in total. The molecule has 1 aromatic carbocycles. The van der Waals surface area contributed by atoms with E-state index >= 15 is 0 Å². The molecule has 0 radical (unpaired) electrons. The standard InChI is InChI=1S/C13H16FN3O2/c1-2-11-12(18)16-3-4-17(11)13(19)8-5-9(14)7-10(15)6-8/h5-7,11H,2-4,15H2,1H3,(H,16,18). The zero-order valence-electron chi connectivity index (χ0n) is 10.6. The Bertz CT molecular complexity index is 498. The van der Waals surface area contributed by atoms with Crippen molar-refractivity contribution in [1.82, 2.24) is 10.2 Å².